The Balaban J connectivity index is 1.80. The molecule has 1 aliphatic rings. The number of thiazole rings is 1. The molecule has 0 unspecified atom stereocenters. The normalized spacial score (nSPS) is 15.4. The molecule has 1 aromatic heterocycles. The zero-order valence-corrected chi connectivity index (χ0v) is 14.5. The number of hydrogen-bond acceptors (Lipinski definition) is 4. The van der Waals surface area contributed by atoms with Gasteiger partial charge in [-0.2, -0.15) is 4.31 Å². The monoisotopic (exact) mass is 336 g/mol. The van der Waals surface area contributed by atoms with Crippen molar-refractivity contribution in [2.45, 2.75) is 45.0 Å². The van der Waals surface area contributed by atoms with E-state index in [9.17, 15) is 8.42 Å². The molecular weight excluding hydrogens is 316 g/mol. The summed E-state index contributed by atoms with van der Waals surface area (Å²) in [7, 11) is -3.32. The number of sulfonamides is 1. The third-order valence-electron chi connectivity index (χ3n) is 3.73. The van der Waals surface area contributed by atoms with Crippen LogP contribution in [0.4, 0.5) is 0 Å². The van der Waals surface area contributed by atoms with Crippen molar-refractivity contribution >= 4 is 21.4 Å². The van der Waals surface area contributed by atoms with E-state index in [4.69, 9.17) is 0 Å². The molecule has 22 heavy (non-hydrogen) atoms. The van der Waals surface area contributed by atoms with Gasteiger partial charge in [0.15, 0.2) is 0 Å². The molecule has 1 fully saturated rings. The standard InChI is InChI=1S/C16H20N2O2S2/c1-12-4-3-5-14(8-12)11-22(19,20)18(16-6-7-16)9-15-10-21-13(2)17-15/h3-5,8,10,16H,6-7,9,11H2,1-2H3. The Morgan fingerprint density at radius 2 is 2.09 bits per heavy atom. The maximum Gasteiger partial charge on any atom is 0.218 e. The Morgan fingerprint density at radius 3 is 2.68 bits per heavy atom. The highest BCUT2D eigenvalue weighted by Crippen LogP contribution is 2.32. The van der Waals surface area contributed by atoms with Crippen LogP contribution < -0.4 is 0 Å². The second-order valence-electron chi connectivity index (χ2n) is 5.88. The van der Waals surface area contributed by atoms with Gasteiger partial charge in [0.25, 0.3) is 0 Å². The molecule has 2 aromatic rings. The minimum Gasteiger partial charge on any atom is -0.245 e. The van der Waals surface area contributed by atoms with Crippen molar-refractivity contribution in [2.24, 2.45) is 0 Å². The maximum absolute atomic E-state index is 12.8. The number of hydrogen-bond donors (Lipinski definition) is 0. The molecule has 0 aliphatic heterocycles. The van der Waals surface area contributed by atoms with Crippen LogP contribution in [-0.2, 0) is 22.3 Å². The average molecular weight is 336 g/mol. The van der Waals surface area contributed by atoms with Crippen LogP contribution in [-0.4, -0.2) is 23.7 Å². The van der Waals surface area contributed by atoms with Gasteiger partial charge in [-0.1, -0.05) is 29.8 Å². The van der Waals surface area contributed by atoms with E-state index in [1.807, 2.05) is 43.5 Å². The predicted octanol–water partition coefficient (Wildman–Crippen LogP) is 3.25. The van der Waals surface area contributed by atoms with Gasteiger partial charge in [-0.3, -0.25) is 0 Å². The minimum absolute atomic E-state index is 0.0638. The van der Waals surface area contributed by atoms with E-state index >= 15 is 0 Å². The van der Waals surface area contributed by atoms with Crippen molar-refractivity contribution in [2.75, 3.05) is 0 Å². The third kappa shape index (κ3) is 3.74. The van der Waals surface area contributed by atoms with E-state index in [0.29, 0.717) is 6.54 Å². The van der Waals surface area contributed by atoms with Gasteiger partial charge in [0.05, 0.1) is 23.0 Å². The van der Waals surface area contributed by atoms with E-state index in [-0.39, 0.29) is 11.8 Å². The third-order valence-corrected chi connectivity index (χ3v) is 6.39. The van der Waals surface area contributed by atoms with E-state index in [1.54, 1.807) is 15.6 Å². The van der Waals surface area contributed by atoms with Crippen LogP contribution in [0.15, 0.2) is 29.6 Å². The number of rotatable bonds is 6. The summed E-state index contributed by atoms with van der Waals surface area (Å²) in [6.45, 7) is 4.31. The number of nitrogens with zero attached hydrogens (tertiary/aromatic N) is 2. The lowest BCUT2D eigenvalue weighted by Gasteiger charge is -2.21. The molecule has 0 amide bonds. The largest absolute Gasteiger partial charge is 0.245 e. The number of aromatic nitrogens is 1. The molecule has 4 nitrogen and oxygen atoms in total. The Kier molecular flexibility index (Phi) is 4.34. The van der Waals surface area contributed by atoms with E-state index in [0.717, 1.165) is 34.7 Å². The fourth-order valence-corrected chi connectivity index (χ4v) is 4.92. The Hall–Kier alpha value is -1.24. The van der Waals surface area contributed by atoms with Crippen LogP contribution in [0.5, 0.6) is 0 Å². The van der Waals surface area contributed by atoms with Crippen LogP contribution in [0, 0.1) is 13.8 Å². The summed E-state index contributed by atoms with van der Waals surface area (Å²) in [5.41, 5.74) is 2.78. The molecule has 0 bridgehead atoms. The van der Waals surface area contributed by atoms with Crippen molar-refractivity contribution in [3.8, 4) is 0 Å². The van der Waals surface area contributed by atoms with Gasteiger partial charge < -0.3 is 0 Å². The molecule has 1 heterocycles. The first-order valence-corrected chi connectivity index (χ1v) is 9.89. The second-order valence-corrected chi connectivity index (χ2v) is 8.86. The smallest absolute Gasteiger partial charge is 0.218 e. The molecular formula is C16H20N2O2S2. The SMILES string of the molecule is Cc1cccc(CS(=O)(=O)N(Cc2csc(C)n2)C2CC2)c1. The summed E-state index contributed by atoms with van der Waals surface area (Å²) in [5.74, 6) is 0.0638. The van der Waals surface area contributed by atoms with E-state index in [1.165, 1.54) is 0 Å². The lowest BCUT2D eigenvalue weighted by molar-refractivity contribution is 0.394. The predicted molar refractivity (Wildman–Crippen MR) is 89.2 cm³/mol. The highest BCUT2D eigenvalue weighted by atomic mass is 32.2. The zero-order valence-electron chi connectivity index (χ0n) is 12.8. The lowest BCUT2D eigenvalue weighted by Crippen LogP contribution is -2.33. The maximum atomic E-state index is 12.8. The number of aryl methyl sites for hydroxylation is 2. The summed E-state index contributed by atoms with van der Waals surface area (Å²) >= 11 is 1.56. The molecule has 6 heteroatoms. The first-order valence-electron chi connectivity index (χ1n) is 7.40. The molecule has 0 atom stereocenters. The van der Waals surface area contributed by atoms with Crippen molar-refractivity contribution < 1.29 is 8.42 Å². The molecule has 0 spiro atoms. The highest BCUT2D eigenvalue weighted by Gasteiger charge is 2.37. The van der Waals surface area contributed by atoms with Crippen molar-refractivity contribution in [3.05, 3.63) is 51.5 Å². The molecule has 1 saturated carbocycles. The van der Waals surface area contributed by atoms with Crippen molar-refractivity contribution in [1.82, 2.24) is 9.29 Å². The van der Waals surface area contributed by atoms with Gasteiger partial charge in [0.1, 0.15) is 0 Å². The average Bonchev–Trinajstić information content (AvgIpc) is 3.18. The Morgan fingerprint density at radius 1 is 1.32 bits per heavy atom. The van der Waals surface area contributed by atoms with Crippen LogP contribution in [0.2, 0.25) is 0 Å². The fourth-order valence-electron chi connectivity index (χ4n) is 2.55. The summed E-state index contributed by atoms with van der Waals surface area (Å²) in [5, 5.41) is 2.93. The molecule has 1 aliphatic carbocycles. The summed E-state index contributed by atoms with van der Waals surface area (Å²) in [6.07, 6.45) is 1.91. The second kappa shape index (κ2) is 6.10. The van der Waals surface area contributed by atoms with Gasteiger partial charge in [-0.15, -0.1) is 11.3 Å². The molecule has 1 aromatic carbocycles. The number of benzene rings is 1. The van der Waals surface area contributed by atoms with E-state index < -0.39 is 10.0 Å². The fraction of sp³-hybridized carbons (Fsp3) is 0.438. The van der Waals surface area contributed by atoms with Gasteiger partial charge in [-0.25, -0.2) is 13.4 Å². The van der Waals surface area contributed by atoms with Crippen molar-refractivity contribution in [3.63, 3.8) is 0 Å². The molecule has 3 rings (SSSR count). The summed E-state index contributed by atoms with van der Waals surface area (Å²) in [4.78, 5) is 4.41. The highest BCUT2D eigenvalue weighted by molar-refractivity contribution is 7.88. The quantitative estimate of drug-likeness (QED) is 0.813. The molecule has 0 saturated heterocycles. The Labute approximate surface area is 135 Å². The van der Waals surface area contributed by atoms with Crippen LogP contribution >= 0.6 is 11.3 Å². The zero-order chi connectivity index (χ0) is 15.7. The van der Waals surface area contributed by atoms with Crippen LogP contribution in [0.1, 0.15) is 34.7 Å². The Bertz CT molecular complexity index is 764. The molecule has 0 radical (unpaired) electrons. The summed E-state index contributed by atoms with van der Waals surface area (Å²) in [6, 6.07) is 7.85. The van der Waals surface area contributed by atoms with Gasteiger partial charge in [0.2, 0.25) is 10.0 Å². The summed E-state index contributed by atoms with van der Waals surface area (Å²) < 4.78 is 27.3. The van der Waals surface area contributed by atoms with Crippen molar-refractivity contribution in [1.29, 1.82) is 0 Å². The van der Waals surface area contributed by atoms with Crippen LogP contribution in [0.3, 0.4) is 0 Å². The van der Waals surface area contributed by atoms with Gasteiger partial charge >= 0.3 is 0 Å². The first-order chi connectivity index (χ1) is 10.4. The van der Waals surface area contributed by atoms with Gasteiger partial charge in [0, 0.05) is 11.4 Å². The first kappa shape index (κ1) is 15.6. The topological polar surface area (TPSA) is 50.3 Å². The van der Waals surface area contributed by atoms with Crippen LogP contribution in [0.25, 0.3) is 0 Å². The molecule has 118 valence electrons. The minimum atomic E-state index is -3.32. The molecule has 0 N–H and O–H groups in total. The van der Waals surface area contributed by atoms with Gasteiger partial charge in [-0.05, 0) is 32.3 Å². The van der Waals surface area contributed by atoms with E-state index in [2.05, 4.69) is 4.98 Å². The lowest BCUT2D eigenvalue weighted by atomic mass is 10.2.